The normalized spacial score (nSPS) is 26.9. The Morgan fingerprint density at radius 3 is 2.47 bits per heavy atom. The highest BCUT2D eigenvalue weighted by atomic mass is 16.3. The summed E-state index contributed by atoms with van der Waals surface area (Å²) in [6.07, 6.45) is 0.258. The molecule has 0 radical (unpaired) electrons. The summed E-state index contributed by atoms with van der Waals surface area (Å²) in [4.78, 5) is 2.29. The predicted octanol–water partition coefficient (Wildman–Crippen LogP) is 1.95. The van der Waals surface area contributed by atoms with Crippen LogP contribution in [0.15, 0.2) is 24.3 Å². The quantitative estimate of drug-likeness (QED) is 0.823. The lowest BCUT2D eigenvalue weighted by Crippen LogP contribution is -2.41. The molecule has 0 amide bonds. The molecule has 0 saturated carbocycles. The molecule has 0 spiro atoms. The zero-order valence-electron chi connectivity index (χ0n) is 10.5. The van der Waals surface area contributed by atoms with Gasteiger partial charge in [0, 0.05) is 18.8 Å². The van der Waals surface area contributed by atoms with Gasteiger partial charge >= 0.3 is 0 Å². The van der Waals surface area contributed by atoms with Crippen LogP contribution in [0.4, 0.5) is 5.69 Å². The standard InChI is InChI=1S/C14H21NO2/c1-10-9-15(8-7-14(10)17)13-5-3-12(4-6-13)11(2)16/h3-6,10-11,14,16-17H,7-9H2,1-2H3/t10?,11-,14?/m1/s1. The minimum absolute atomic E-state index is 0.164. The van der Waals surface area contributed by atoms with Crippen molar-refractivity contribution in [1.82, 2.24) is 0 Å². The second-order valence-corrected chi connectivity index (χ2v) is 5.05. The zero-order chi connectivity index (χ0) is 12.4. The fourth-order valence-corrected chi connectivity index (χ4v) is 2.33. The lowest BCUT2D eigenvalue weighted by molar-refractivity contribution is 0.0971. The molecule has 3 nitrogen and oxygen atoms in total. The number of piperidine rings is 1. The van der Waals surface area contributed by atoms with Gasteiger partial charge in [-0.25, -0.2) is 0 Å². The third-order valence-corrected chi connectivity index (χ3v) is 3.60. The second kappa shape index (κ2) is 5.07. The first kappa shape index (κ1) is 12.4. The van der Waals surface area contributed by atoms with Gasteiger partial charge in [0.05, 0.1) is 12.2 Å². The zero-order valence-corrected chi connectivity index (χ0v) is 10.5. The lowest BCUT2D eigenvalue weighted by Gasteiger charge is -2.36. The average Bonchev–Trinajstić information content (AvgIpc) is 2.33. The second-order valence-electron chi connectivity index (χ2n) is 5.05. The maximum absolute atomic E-state index is 9.70. The highest BCUT2D eigenvalue weighted by Crippen LogP contribution is 2.24. The van der Waals surface area contributed by atoms with E-state index in [1.54, 1.807) is 6.92 Å². The summed E-state index contributed by atoms with van der Waals surface area (Å²) in [5.74, 6) is 0.320. The molecule has 17 heavy (non-hydrogen) atoms. The van der Waals surface area contributed by atoms with E-state index in [-0.39, 0.29) is 6.10 Å². The van der Waals surface area contributed by atoms with E-state index in [1.165, 1.54) is 5.69 Å². The van der Waals surface area contributed by atoms with Crippen LogP contribution in [0.3, 0.4) is 0 Å². The van der Waals surface area contributed by atoms with E-state index in [0.717, 1.165) is 25.1 Å². The number of rotatable bonds is 2. The van der Waals surface area contributed by atoms with Gasteiger partial charge in [-0.3, -0.25) is 0 Å². The van der Waals surface area contributed by atoms with Crippen LogP contribution in [-0.2, 0) is 0 Å². The molecule has 1 aromatic rings. The Balaban J connectivity index is 2.07. The SMILES string of the molecule is CC1CN(c2ccc([C@@H](C)O)cc2)CCC1O. The van der Waals surface area contributed by atoms with Crippen molar-refractivity contribution in [2.75, 3.05) is 18.0 Å². The maximum atomic E-state index is 9.70. The number of nitrogens with zero attached hydrogens (tertiary/aromatic N) is 1. The largest absolute Gasteiger partial charge is 0.393 e. The van der Waals surface area contributed by atoms with Crippen LogP contribution in [-0.4, -0.2) is 29.4 Å². The van der Waals surface area contributed by atoms with E-state index in [2.05, 4.69) is 11.8 Å². The van der Waals surface area contributed by atoms with Crippen molar-refractivity contribution in [1.29, 1.82) is 0 Å². The molecular formula is C14H21NO2. The molecule has 2 rings (SSSR count). The van der Waals surface area contributed by atoms with Gasteiger partial charge in [-0.1, -0.05) is 19.1 Å². The molecule has 3 atom stereocenters. The summed E-state index contributed by atoms with van der Waals surface area (Å²) in [6.45, 7) is 5.66. The number of hydrogen-bond donors (Lipinski definition) is 2. The highest BCUT2D eigenvalue weighted by Gasteiger charge is 2.24. The fourth-order valence-electron chi connectivity index (χ4n) is 2.33. The molecule has 2 N–H and O–H groups in total. The maximum Gasteiger partial charge on any atom is 0.0761 e. The summed E-state index contributed by atoms with van der Waals surface area (Å²) in [7, 11) is 0. The molecule has 1 aliphatic rings. The van der Waals surface area contributed by atoms with Crippen molar-refractivity contribution in [2.24, 2.45) is 5.92 Å². The Kier molecular flexibility index (Phi) is 3.69. The van der Waals surface area contributed by atoms with Crippen LogP contribution < -0.4 is 4.90 Å². The first-order chi connectivity index (χ1) is 8.08. The van der Waals surface area contributed by atoms with Crippen molar-refractivity contribution in [3.05, 3.63) is 29.8 Å². The van der Waals surface area contributed by atoms with Crippen LogP contribution in [0, 0.1) is 5.92 Å². The van der Waals surface area contributed by atoms with Gasteiger partial charge in [0.15, 0.2) is 0 Å². The molecule has 1 heterocycles. The molecule has 0 bridgehead atoms. The van der Waals surface area contributed by atoms with Gasteiger partial charge < -0.3 is 15.1 Å². The Morgan fingerprint density at radius 1 is 1.29 bits per heavy atom. The Morgan fingerprint density at radius 2 is 1.94 bits per heavy atom. The smallest absolute Gasteiger partial charge is 0.0761 e. The van der Waals surface area contributed by atoms with E-state index in [9.17, 15) is 10.2 Å². The lowest BCUT2D eigenvalue weighted by atomic mass is 9.96. The Hall–Kier alpha value is -1.06. The third kappa shape index (κ3) is 2.79. The van der Waals surface area contributed by atoms with Gasteiger partial charge in [0.25, 0.3) is 0 Å². The van der Waals surface area contributed by atoms with Crippen molar-refractivity contribution < 1.29 is 10.2 Å². The van der Waals surface area contributed by atoms with Crippen molar-refractivity contribution in [2.45, 2.75) is 32.5 Å². The topological polar surface area (TPSA) is 43.7 Å². The molecule has 1 fully saturated rings. The number of benzene rings is 1. The molecule has 0 aromatic heterocycles. The first-order valence-electron chi connectivity index (χ1n) is 6.29. The summed E-state index contributed by atoms with van der Waals surface area (Å²) in [5.41, 5.74) is 2.12. The number of aliphatic hydroxyl groups excluding tert-OH is 2. The summed E-state index contributed by atoms with van der Waals surface area (Å²) < 4.78 is 0. The highest BCUT2D eigenvalue weighted by molar-refractivity contribution is 5.48. The van der Waals surface area contributed by atoms with Gasteiger partial charge in [0.2, 0.25) is 0 Å². The van der Waals surface area contributed by atoms with Crippen LogP contribution in [0.1, 0.15) is 31.9 Å². The van der Waals surface area contributed by atoms with E-state index < -0.39 is 6.10 Å². The molecule has 1 aromatic carbocycles. The molecule has 2 unspecified atom stereocenters. The molecule has 94 valence electrons. The molecule has 1 aliphatic heterocycles. The Bertz CT molecular complexity index is 361. The number of aliphatic hydroxyl groups is 2. The predicted molar refractivity (Wildman–Crippen MR) is 69.1 cm³/mol. The third-order valence-electron chi connectivity index (χ3n) is 3.60. The van der Waals surface area contributed by atoms with Gasteiger partial charge in [-0.05, 0) is 37.0 Å². The van der Waals surface area contributed by atoms with Crippen LogP contribution in [0.5, 0.6) is 0 Å². The number of anilines is 1. The Labute approximate surface area is 103 Å². The first-order valence-corrected chi connectivity index (χ1v) is 6.29. The minimum Gasteiger partial charge on any atom is -0.393 e. The van der Waals surface area contributed by atoms with Crippen LogP contribution in [0.25, 0.3) is 0 Å². The average molecular weight is 235 g/mol. The fraction of sp³-hybridized carbons (Fsp3) is 0.571. The van der Waals surface area contributed by atoms with Gasteiger partial charge in [-0.2, -0.15) is 0 Å². The van der Waals surface area contributed by atoms with E-state index in [0.29, 0.717) is 5.92 Å². The van der Waals surface area contributed by atoms with Gasteiger partial charge in [-0.15, -0.1) is 0 Å². The molecule has 1 saturated heterocycles. The summed E-state index contributed by atoms with van der Waals surface area (Å²) >= 11 is 0. The van der Waals surface area contributed by atoms with Crippen molar-refractivity contribution in [3.8, 4) is 0 Å². The van der Waals surface area contributed by atoms with Crippen LogP contribution in [0.2, 0.25) is 0 Å². The van der Waals surface area contributed by atoms with Crippen molar-refractivity contribution >= 4 is 5.69 Å². The summed E-state index contributed by atoms with van der Waals surface area (Å²) in [6, 6.07) is 8.03. The summed E-state index contributed by atoms with van der Waals surface area (Å²) in [5, 5.41) is 19.2. The van der Waals surface area contributed by atoms with Gasteiger partial charge in [0.1, 0.15) is 0 Å². The number of hydrogen-bond acceptors (Lipinski definition) is 3. The van der Waals surface area contributed by atoms with Crippen LogP contribution >= 0.6 is 0 Å². The van der Waals surface area contributed by atoms with Crippen molar-refractivity contribution in [3.63, 3.8) is 0 Å². The molecule has 3 heteroatoms. The minimum atomic E-state index is -0.411. The van der Waals surface area contributed by atoms with E-state index >= 15 is 0 Å². The monoisotopic (exact) mass is 235 g/mol. The van der Waals surface area contributed by atoms with E-state index in [1.807, 2.05) is 24.3 Å². The molecule has 0 aliphatic carbocycles. The molecular weight excluding hydrogens is 214 g/mol. The van der Waals surface area contributed by atoms with E-state index in [4.69, 9.17) is 0 Å².